The van der Waals surface area contributed by atoms with E-state index in [1.54, 1.807) is 6.20 Å². The highest BCUT2D eigenvalue weighted by Crippen LogP contribution is 2.23. The molecule has 4 heteroatoms. The summed E-state index contributed by atoms with van der Waals surface area (Å²) in [5.41, 5.74) is 8.34. The highest BCUT2D eigenvalue weighted by molar-refractivity contribution is 9.10. The molecule has 1 atom stereocenters. The molecule has 2 aromatic rings. The van der Waals surface area contributed by atoms with Crippen molar-refractivity contribution in [3.05, 3.63) is 62.8 Å². The monoisotopic (exact) mass is 368 g/mol. The van der Waals surface area contributed by atoms with Crippen molar-refractivity contribution in [3.63, 3.8) is 0 Å². The van der Waals surface area contributed by atoms with Crippen LogP contribution in [-0.2, 0) is 6.42 Å². The summed E-state index contributed by atoms with van der Waals surface area (Å²) >= 11 is 6.94. The molecule has 1 unspecified atom stereocenters. The number of rotatable bonds is 4. The van der Waals surface area contributed by atoms with Crippen LogP contribution >= 0.6 is 31.9 Å². The Bertz CT molecular complexity index is 529. The molecule has 1 aromatic carbocycles. The second-order valence-electron chi connectivity index (χ2n) is 4.20. The van der Waals surface area contributed by atoms with Gasteiger partial charge in [-0.3, -0.25) is 4.98 Å². The maximum absolute atomic E-state index is 5.89. The molecule has 2 N–H and O–H groups in total. The number of benzene rings is 1. The smallest absolute Gasteiger partial charge is 0.0410 e. The van der Waals surface area contributed by atoms with E-state index >= 15 is 0 Å². The molecule has 0 radical (unpaired) electrons. The number of nitrogens with two attached hydrogens (primary N) is 1. The lowest BCUT2D eigenvalue weighted by atomic mass is 9.93. The van der Waals surface area contributed by atoms with Crippen molar-refractivity contribution in [3.8, 4) is 0 Å². The lowest BCUT2D eigenvalue weighted by Gasteiger charge is -2.15. The van der Waals surface area contributed by atoms with Crippen molar-refractivity contribution in [1.29, 1.82) is 0 Å². The first kappa shape index (κ1) is 13.7. The third-order valence-corrected chi connectivity index (χ3v) is 3.78. The molecule has 0 aliphatic rings. The lowest BCUT2D eigenvalue weighted by Crippen LogP contribution is -2.15. The largest absolute Gasteiger partial charge is 0.330 e. The third-order valence-electron chi connectivity index (χ3n) is 2.85. The molecule has 0 spiro atoms. The van der Waals surface area contributed by atoms with Gasteiger partial charge in [-0.1, -0.05) is 28.1 Å². The summed E-state index contributed by atoms with van der Waals surface area (Å²) in [6.07, 6.45) is 4.59. The summed E-state index contributed by atoms with van der Waals surface area (Å²) in [6.45, 7) is 0.628. The zero-order chi connectivity index (χ0) is 13.0. The molecule has 2 rings (SSSR count). The van der Waals surface area contributed by atoms with Crippen molar-refractivity contribution >= 4 is 31.9 Å². The van der Waals surface area contributed by atoms with Gasteiger partial charge >= 0.3 is 0 Å². The van der Waals surface area contributed by atoms with Crippen molar-refractivity contribution in [2.24, 2.45) is 5.73 Å². The van der Waals surface area contributed by atoms with Crippen molar-refractivity contribution in [2.45, 2.75) is 12.3 Å². The molecule has 2 nitrogen and oxygen atoms in total. The second-order valence-corrected chi connectivity index (χ2v) is 6.03. The Morgan fingerprint density at radius 2 is 1.94 bits per heavy atom. The van der Waals surface area contributed by atoms with Gasteiger partial charge in [-0.15, -0.1) is 0 Å². The summed E-state index contributed by atoms with van der Waals surface area (Å²) in [5, 5.41) is 0. The van der Waals surface area contributed by atoms with E-state index in [1.807, 2.05) is 18.3 Å². The lowest BCUT2D eigenvalue weighted by molar-refractivity contribution is 0.692. The molecule has 94 valence electrons. The van der Waals surface area contributed by atoms with E-state index in [2.05, 4.69) is 55.0 Å². The molecule has 0 fully saturated rings. The quantitative estimate of drug-likeness (QED) is 0.887. The average Bonchev–Trinajstić information content (AvgIpc) is 2.36. The van der Waals surface area contributed by atoms with Crippen molar-refractivity contribution in [2.75, 3.05) is 6.54 Å². The van der Waals surface area contributed by atoms with E-state index < -0.39 is 0 Å². The van der Waals surface area contributed by atoms with E-state index in [9.17, 15) is 0 Å². The molecule has 1 heterocycles. The highest BCUT2D eigenvalue weighted by atomic mass is 79.9. The highest BCUT2D eigenvalue weighted by Gasteiger charge is 2.11. The predicted octanol–water partition coefficient (Wildman–Crippen LogP) is 3.89. The van der Waals surface area contributed by atoms with E-state index in [-0.39, 0.29) is 0 Å². The minimum Gasteiger partial charge on any atom is -0.330 e. The standard InChI is InChI=1S/C14H14Br2N2/c15-13-3-1-2-11(6-13)12(7-17)4-10-5-14(16)9-18-8-10/h1-3,5-6,8-9,12H,4,7,17H2. The van der Waals surface area contributed by atoms with Gasteiger partial charge < -0.3 is 5.73 Å². The number of aromatic nitrogens is 1. The van der Waals surface area contributed by atoms with E-state index in [4.69, 9.17) is 5.73 Å². The summed E-state index contributed by atoms with van der Waals surface area (Å²) in [6, 6.07) is 10.4. The van der Waals surface area contributed by atoms with E-state index in [1.165, 1.54) is 11.1 Å². The van der Waals surface area contributed by atoms with Crippen LogP contribution in [0.2, 0.25) is 0 Å². The fourth-order valence-electron chi connectivity index (χ4n) is 1.95. The van der Waals surface area contributed by atoms with Crippen LogP contribution in [0.1, 0.15) is 17.0 Å². The van der Waals surface area contributed by atoms with Gasteiger partial charge in [-0.2, -0.15) is 0 Å². The van der Waals surface area contributed by atoms with E-state index in [0.717, 1.165) is 15.4 Å². The van der Waals surface area contributed by atoms with Crippen LogP contribution in [0.4, 0.5) is 0 Å². The Labute approximate surface area is 124 Å². The Morgan fingerprint density at radius 3 is 2.61 bits per heavy atom. The molecular weight excluding hydrogens is 356 g/mol. The average molecular weight is 370 g/mol. The minimum atomic E-state index is 0.318. The maximum Gasteiger partial charge on any atom is 0.0410 e. The van der Waals surface area contributed by atoms with E-state index in [0.29, 0.717) is 12.5 Å². The topological polar surface area (TPSA) is 38.9 Å². The van der Waals surface area contributed by atoms with Gasteiger partial charge in [0.2, 0.25) is 0 Å². The number of hydrogen-bond acceptors (Lipinski definition) is 2. The third kappa shape index (κ3) is 3.64. The van der Waals surface area contributed by atoms with Crippen LogP contribution in [0.5, 0.6) is 0 Å². The normalized spacial score (nSPS) is 12.4. The van der Waals surface area contributed by atoms with Crippen molar-refractivity contribution in [1.82, 2.24) is 4.98 Å². The molecule has 0 aliphatic carbocycles. The van der Waals surface area contributed by atoms with Gasteiger partial charge in [0, 0.05) is 27.3 Å². The van der Waals surface area contributed by atoms with Gasteiger partial charge in [-0.05, 0) is 58.2 Å². The van der Waals surface area contributed by atoms with Crippen LogP contribution in [-0.4, -0.2) is 11.5 Å². The maximum atomic E-state index is 5.89. The molecule has 0 saturated heterocycles. The summed E-state index contributed by atoms with van der Waals surface area (Å²) in [7, 11) is 0. The molecule has 1 aromatic heterocycles. The summed E-state index contributed by atoms with van der Waals surface area (Å²) < 4.78 is 2.09. The van der Waals surface area contributed by atoms with Gasteiger partial charge in [0.15, 0.2) is 0 Å². The Hall–Kier alpha value is -0.710. The minimum absolute atomic E-state index is 0.318. The van der Waals surface area contributed by atoms with Gasteiger partial charge in [-0.25, -0.2) is 0 Å². The van der Waals surface area contributed by atoms with Gasteiger partial charge in [0.25, 0.3) is 0 Å². The fourth-order valence-corrected chi connectivity index (χ4v) is 2.78. The van der Waals surface area contributed by atoms with Crippen LogP contribution < -0.4 is 5.73 Å². The predicted molar refractivity (Wildman–Crippen MR) is 81.6 cm³/mol. The molecular formula is C14H14Br2N2. The number of hydrogen-bond donors (Lipinski definition) is 1. The first-order valence-corrected chi connectivity index (χ1v) is 7.32. The fraction of sp³-hybridized carbons (Fsp3) is 0.214. The molecule has 18 heavy (non-hydrogen) atoms. The Kier molecular flexibility index (Phi) is 4.92. The Balaban J connectivity index is 2.19. The molecule has 0 aliphatic heterocycles. The molecule has 0 amide bonds. The zero-order valence-electron chi connectivity index (χ0n) is 9.81. The first-order valence-electron chi connectivity index (χ1n) is 5.74. The number of pyridine rings is 1. The second kappa shape index (κ2) is 6.45. The van der Waals surface area contributed by atoms with Crippen LogP contribution in [0.3, 0.4) is 0 Å². The van der Waals surface area contributed by atoms with Crippen LogP contribution in [0.25, 0.3) is 0 Å². The van der Waals surface area contributed by atoms with Crippen LogP contribution in [0.15, 0.2) is 51.7 Å². The SMILES string of the molecule is NCC(Cc1cncc(Br)c1)c1cccc(Br)c1. The van der Waals surface area contributed by atoms with Crippen molar-refractivity contribution < 1.29 is 0 Å². The number of halogens is 2. The molecule has 0 saturated carbocycles. The van der Waals surface area contributed by atoms with Gasteiger partial charge in [0.1, 0.15) is 0 Å². The summed E-state index contributed by atoms with van der Waals surface area (Å²) in [4.78, 5) is 4.19. The van der Waals surface area contributed by atoms with Crippen LogP contribution in [0, 0.1) is 0 Å². The first-order chi connectivity index (χ1) is 8.69. The number of nitrogens with zero attached hydrogens (tertiary/aromatic N) is 1. The Morgan fingerprint density at radius 1 is 1.11 bits per heavy atom. The zero-order valence-corrected chi connectivity index (χ0v) is 13.0. The summed E-state index contributed by atoms with van der Waals surface area (Å²) in [5.74, 6) is 0.318. The molecule has 0 bridgehead atoms. The van der Waals surface area contributed by atoms with Gasteiger partial charge in [0.05, 0.1) is 0 Å².